The first kappa shape index (κ1) is 11.6. The zero-order chi connectivity index (χ0) is 8.20. The monoisotopic (exact) mass is 314 g/mol. The third-order valence-electron chi connectivity index (χ3n) is 0.923. The van der Waals surface area contributed by atoms with E-state index < -0.39 is 21.3 Å². The molecule has 0 aromatic rings. The second kappa shape index (κ2) is 5.27. The van der Waals surface area contributed by atoms with Crippen LogP contribution in [0, 0.1) is 0 Å². The molecule has 0 atom stereocenters. The van der Waals surface area contributed by atoms with Gasteiger partial charge in [0.1, 0.15) is 0 Å². The molecule has 0 amide bonds. The molecule has 0 aromatic heterocycles. The van der Waals surface area contributed by atoms with E-state index in [2.05, 4.69) is 0 Å². The summed E-state index contributed by atoms with van der Waals surface area (Å²) in [6, 6.07) is 0. The molecule has 0 unspecified atom stereocenters. The standard InChI is InChI=1S/C4H9O2.3ClH.Sn/c1-2-3-4(5)6;;;;/h4-6H,1-3H2;3*1H;/q;;;;+3/p-3. The molecule has 2 nitrogen and oxygen atoms in total. The maximum atomic E-state index is 8.40. The van der Waals surface area contributed by atoms with Gasteiger partial charge in [-0.25, -0.2) is 0 Å². The molecule has 0 bridgehead atoms. The Kier molecular flexibility index (Phi) is 6.11. The van der Waals surface area contributed by atoms with E-state index in [1.54, 1.807) is 0 Å². The van der Waals surface area contributed by atoms with Gasteiger partial charge in [0.05, 0.1) is 0 Å². The Hall–Kier alpha value is 1.59. The van der Waals surface area contributed by atoms with Gasteiger partial charge >= 0.3 is 75.5 Å². The van der Waals surface area contributed by atoms with Crippen molar-refractivity contribution in [1.82, 2.24) is 0 Å². The number of hydrogen-bond acceptors (Lipinski definition) is 2. The second-order valence-corrected chi connectivity index (χ2v) is 23.8. The van der Waals surface area contributed by atoms with Crippen LogP contribution in [0.3, 0.4) is 0 Å². The van der Waals surface area contributed by atoms with Gasteiger partial charge in [0.25, 0.3) is 0 Å². The van der Waals surface area contributed by atoms with Crippen molar-refractivity contribution in [2.45, 2.75) is 23.6 Å². The van der Waals surface area contributed by atoms with E-state index in [4.69, 9.17) is 37.0 Å². The zero-order valence-corrected chi connectivity index (χ0v) is 10.3. The van der Waals surface area contributed by atoms with Crippen LogP contribution in [0.2, 0.25) is 4.44 Å². The summed E-state index contributed by atoms with van der Waals surface area (Å²) in [5.74, 6) is 0. The van der Waals surface area contributed by atoms with Gasteiger partial charge in [-0.1, -0.05) is 0 Å². The van der Waals surface area contributed by atoms with Crippen molar-refractivity contribution in [2.24, 2.45) is 0 Å². The normalized spacial score (nSPS) is 12.6. The predicted octanol–water partition coefficient (Wildman–Crippen LogP) is 1.73. The van der Waals surface area contributed by atoms with Gasteiger partial charge in [-0.05, 0) is 0 Å². The maximum absolute atomic E-state index is 8.40. The third-order valence-corrected chi connectivity index (χ3v) is 7.35. The predicted molar refractivity (Wildman–Crippen MR) is 45.6 cm³/mol. The Morgan fingerprint density at radius 1 is 1.20 bits per heavy atom. The van der Waals surface area contributed by atoms with Crippen molar-refractivity contribution in [1.29, 1.82) is 0 Å². The second-order valence-electron chi connectivity index (χ2n) is 1.99. The summed E-state index contributed by atoms with van der Waals surface area (Å²) in [5, 5.41) is 16.8. The van der Waals surface area contributed by atoms with Crippen LogP contribution in [-0.2, 0) is 0 Å². The molecule has 0 rings (SSSR count). The Labute approximate surface area is 75.1 Å². The minimum absolute atomic E-state index is 0.296. The van der Waals surface area contributed by atoms with E-state index in [1.165, 1.54) is 0 Å². The van der Waals surface area contributed by atoms with Crippen molar-refractivity contribution in [3.63, 3.8) is 0 Å². The Bertz CT molecular complexity index is 93.0. The fraction of sp³-hybridized carbons (Fsp3) is 1.00. The van der Waals surface area contributed by atoms with Crippen LogP contribution in [0.4, 0.5) is 0 Å². The Morgan fingerprint density at radius 3 is 2.00 bits per heavy atom. The number of halogens is 3. The molecule has 0 aliphatic carbocycles. The first-order valence-corrected chi connectivity index (χ1v) is 15.7. The van der Waals surface area contributed by atoms with Gasteiger partial charge in [0.15, 0.2) is 0 Å². The average Bonchev–Trinajstić information content (AvgIpc) is 1.59. The SMILES string of the molecule is OC(O)CC[CH2][Sn]([Cl])([Cl])[Cl]. The van der Waals surface area contributed by atoms with Crippen LogP contribution in [-0.4, -0.2) is 31.5 Å². The first-order valence-electron chi connectivity index (χ1n) is 2.85. The zero-order valence-electron chi connectivity index (χ0n) is 5.23. The van der Waals surface area contributed by atoms with Crippen molar-refractivity contribution in [3.8, 4) is 0 Å². The number of rotatable bonds is 4. The molecule has 6 heteroatoms. The van der Waals surface area contributed by atoms with E-state index in [9.17, 15) is 0 Å². The van der Waals surface area contributed by atoms with Crippen LogP contribution >= 0.6 is 26.8 Å². The molecule has 10 heavy (non-hydrogen) atoms. The van der Waals surface area contributed by atoms with Crippen LogP contribution in [0.25, 0.3) is 0 Å². The number of aliphatic hydroxyl groups excluding tert-OH is 1. The molecule has 0 aliphatic heterocycles. The molecule has 0 saturated heterocycles. The van der Waals surface area contributed by atoms with Crippen LogP contribution in [0.15, 0.2) is 0 Å². The molecule has 0 aromatic carbocycles. The number of aliphatic hydroxyl groups is 2. The molecule has 62 valence electrons. The van der Waals surface area contributed by atoms with Gasteiger partial charge in [0, 0.05) is 0 Å². The van der Waals surface area contributed by atoms with Gasteiger partial charge in [-0.3, -0.25) is 0 Å². The van der Waals surface area contributed by atoms with E-state index in [0.29, 0.717) is 17.3 Å². The first-order chi connectivity index (χ1) is 4.42. The Morgan fingerprint density at radius 2 is 1.70 bits per heavy atom. The summed E-state index contributed by atoms with van der Waals surface area (Å²) in [7, 11) is 16.8. The fourth-order valence-electron chi connectivity index (χ4n) is 0.485. The van der Waals surface area contributed by atoms with E-state index in [-0.39, 0.29) is 0 Å². The summed E-state index contributed by atoms with van der Waals surface area (Å²) >= 11 is -3.18. The summed E-state index contributed by atoms with van der Waals surface area (Å²) in [4.78, 5) is 0. The van der Waals surface area contributed by atoms with Crippen molar-refractivity contribution >= 4 is 41.8 Å². The Balaban J connectivity index is 3.21. The molecular weight excluding hydrogens is 305 g/mol. The van der Waals surface area contributed by atoms with Crippen LogP contribution < -0.4 is 0 Å². The average molecular weight is 314 g/mol. The van der Waals surface area contributed by atoms with E-state index in [1.807, 2.05) is 0 Å². The molecule has 0 fully saturated rings. The molecule has 0 heterocycles. The minimum atomic E-state index is -3.18. The van der Waals surface area contributed by atoms with Crippen LogP contribution in [0.1, 0.15) is 12.8 Å². The molecule has 2 N–H and O–H groups in total. The summed E-state index contributed by atoms with van der Waals surface area (Å²) in [6.07, 6.45) is -0.381. The van der Waals surface area contributed by atoms with Gasteiger partial charge < -0.3 is 0 Å². The quantitative estimate of drug-likeness (QED) is 0.613. The molecule has 0 saturated carbocycles. The molecule has 0 radical (unpaired) electrons. The van der Waals surface area contributed by atoms with Crippen LogP contribution in [0.5, 0.6) is 0 Å². The van der Waals surface area contributed by atoms with E-state index >= 15 is 0 Å². The molecular formula is C4H9Cl3O2Sn. The van der Waals surface area contributed by atoms with Crippen molar-refractivity contribution in [2.75, 3.05) is 0 Å². The third kappa shape index (κ3) is 9.59. The van der Waals surface area contributed by atoms with Crippen molar-refractivity contribution in [3.05, 3.63) is 0 Å². The van der Waals surface area contributed by atoms with E-state index in [0.717, 1.165) is 0 Å². The van der Waals surface area contributed by atoms with Gasteiger partial charge in [-0.15, -0.1) is 0 Å². The fourth-order valence-corrected chi connectivity index (χ4v) is 4.90. The summed E-state index contributed by atoms with van der Waals surface area (Å²) in [5.41, 5.74) is 0. The topological polar surface area (TPSA) is 40.5 Å². The van der Waals surface area contributed by atoms with Gasteiger partial charge in [-0.2, -0.15) is 0 Å². The van der Waals surface area contributed by atoms with Gasteiger partial charge in [0.2, 0.25) is 0 Å². The summed E-state index contributed by atoms with van der Waals surface area (Å²) in [6.45, 7) is 0. The number of hydrogen-bond donors (Lipinski definition) is 2. The summed E-state index contributed by atoms with van der Waals surface area (Å²) < 4.78 is 0.553. The molecule has 0 spiro atoms. The van der Waals surface area contributed by atoms with Crippen molar-refractivity contribution < 1.29 is 10.2 Å². The molecule has 0 aliphatic rings.